The molecule has 22 heavy (non-hydrogen) atoms. The molecule has 114 valence electrons. The minimum absolute atomic E-state index is 0.214. The van der Waals surface area contributed by atoms with Gasteiger partial charge in [0.1, 0.15) is 10.1 Å². The summed E-state index contributed by atoms with van der Waals surface area (Å²) >= 11 is 6.05. The molecule has 0 bridgehead atoms. The number of hydrogen-bond acceptors (Lipinski definition) is 6. The number of thiocarbonyl (C=S) groups is 1. The van der Waals surface area contributed by atoms with Crippen molar-refractivity contribution in [3.63, 3.8) is 0 Å². The van der Waals surface area contributed by atoms with Crippen molar-refractivity contribution in [2.45, 2.75) is 0 Å². The lowest BCUT2D eigenvalue weighted by molar-refractivity contribution is -0.305. The molecule has 1 heterocycles. The molecule has 1 saturated heterocycles. The van der Waals surface area contributed by atoms with Gasteiger partial charge in [0.25, 0.3) is 5.91 Å². The highest BCUT2D eigenvalue weighted by Gasteiger charge is 2.31. The van der Waals surface area contributed by atoms with E-state index in [1.807, 2.05) is 24.3 Å². The number of nitrogens with zero attached hydrogens (tertiary/aromatic N) is 1. The Labute approximate surface area is 137 Å². The highest BCUT2D eigenvalue weighted by molar-refractivity contribution is 8.26. The smallest absolute Gasteiger partial charge is 0.266 e. The van der Waals surface area contributed by atoms with Gasteiger partial charge in [-0.05, 0) is 12.1 Å². The molecule has 0 aliphatic carbocycles. The van der Waals surface area contributed by atoms with Crippen LogP contribution in [0.15, 0.2) is 41.3 Å². The molecule has 1 amide bonds. The molecule has 1 aliphatic heterocycles. The van der Waals surface area contributed by atoms with E-state index in [4.69, 9.17) is 17.0 Å². The number of ether oxygens (including phenoxy) is 1. The molecule has 2 rings (SSSR count). The Morgan fingerprint density at radius 2 is 2.18 bits per heavy atom. The molecular weight excluding hydrogens is 322 g/mol. The molecule has 0 N–H and O–H groups in total. The van der Waals surface area contributed by atoms with Gasteiger partial charge in [-0.3, -0.25) is 9.69 Å². The highest BCUT2D eigenvalue weighted by Crippen LogP contribution is 2.30. The second-order valence-corrected chi connectivity index (χ2v) is 5.94. The third-order valence-electron chi connectivity index (χ3n) is 2.82. The molecule has 0 spiro atoms. The first-order valence-corrected chi connectivity index (χ1v) is 7.50. The van der Waals surface area contributed by atoms with Crippen LogP contribution in [0.3, 0.4) is 0 Å². The van der Waals surface area contributed by atoms with Crippen molar-refractivity contribution in [3.05, 3.63) is 46.9 Å². The number of rotatable bonds is 5. The zero-order chi connectivity index (χ0) is 16.1. The second kappa shape index (κ2) is 7.24. The number of hydrogen-bond donors (Lipinski definition) is 0. The number of amides is 1. The molecule has 1 aromatic rings. The first-order valence-electron chi connectivity index (χ1n) is 6.28. The molecule has 1 aliphatic rings. The van der Waals surface area contributed by atoms with Crippen LogP contribution in [-0.4, -0.2) is 34.8 Å². The van der Waals surface area contributed by atoms with Crippen LogP contribution in [0.2, 0.25) is 0 Å². The molecule has 7 heteroatoms. The molecule has 0 aromatic heterocycles. The zero-order valence-corrected chi connectivity index (χ0v) is 13.3. The van der Waals surface area contributed by atoms with Crippen LogP contribution in [0, 0.1) is 0 Å². The summed E-state index contributed by atoms with van der Waals surface area (Å²) in [4.78, 5) is 24.0. The van der Waals surface area contributed by atoms with Crippen molar-refractivity contribution < 1.29 is 19.4 Å². The van der Waals surface area contributed by atoms with Gasteiger partial charge < -0.3 is 14.6 Å². The topological polar surface area (TPSA) is 69.7 Å². The van der Waals surface area contributed by atoms with Gasteiger partial charge in [0.05, 0.1) is 24.5 Å². The van der Waals surface area contributed by atoms with Crippen LogP contribution in [0.4, 0.5) is 0 Å². The fourth-order valence-corrected chi connectivity index (χ4v) is 3.03. The van der Waals surface area contributed by atoms with Crippen LogP contribution in [-0.2, 0) is 9.59 Å². The van der Waals surface area contributed by atoms with E-state index in [9.17, 15) is 14.7 Å². The minimum atomic E-state index is -1.35. The molecule has 0 unspecified atom stereocenters. The first-order chi connectivity index (χ1) is 10.5. The van der Waals surface area contributed by atoms with Gasteiger partial charge in [-0.2, -0.15) is 0 Å². The highest BCUT2D eigenvalue weighted by atomic mass is 32.2. The van der Waals surface area contributed by atoms with Crippen LogP contribution < -0.4 is 9.84 Å². The minimum Gasteiger partial charge on any atom is -0.548 e. The SMILES string of the molecule is COc1ccccc1/C=C/C=C1\SC(=S)N(CC(=O)[O-])C1=O. The largest absolute Gasteiger partial charge is 0.548 e. The van der Waals surface area contributed by atoms with E-state index in [2.05, 4.69) is 0 Å². The van der Waals surface area contributed by atoms with Gasteiger partial charge in [0.15, 0.2) is 0 Å². The number of thioether (sulfide) groups is 1. The molecule has 5 nitrogen and oxygen atoms in total. The van der Waals surface area contributed by atoms with Gasteiger partial charge in [0, 0.05) is 5.56 Å². The monoisotopic (exact) mass is 334 g/mol. The third kappa shape index (κ3) is 3.75. The molecule has 0 atom stereocenters. The lowest BCUT2D eigenvalue weighted by atomic mass is 10.2. The van der Waals surface area contributed by atoms with Crippen LogP contribution >= 0.6 is 24.0 Å². The maximum Gasteiger partial charge on any atom is 0.266 e. The number of para-hydroxylation sites is 1. The van der Waals surface area contributed by atoms with Crippen molar-refractivity contribution in [3.8, 4) is 5.75 Å². The van der Waals surface area contributed by atoms with E-state index < -0.39 is 18.4 Å². The number of carbonyl (C=O) groups excluding carboxylic acids is 2. The summed E-state index contributed by atoms with van der Waals surface area (Å²) < 4.78 is 5.44. The Kier molecular flexibility index (Phi) is 5.35. The Morgan fingerprint density at radius 1 is 1.45 bits per heavy atom. The Hall–Kier alpha value is -2.12. The number of methoxy groups -OCH3 is 1. The van der Waals surface area contributed by atoms with E-state index in [1.54, 1.807) is 25.3 Å². The number of carboxylic acids is 1. The quantitative estimate of drug-likeness (QED) is 0.595. The molecular formula is C15H12NO4S2-. The fourth-order valence-electron chi connectivity index (χ4n) is 1.82. The second-order valence-electron chi connectivity index (χ2n) is 4.26. The first kappa shape index (κ1) is 16.3. The predicted molar refractivity (Wildman–Crippen MR) is 87.0 cm³/mol. The van der Waals surface area contributed by atoms with Crippen LogP contribution in [0.5, 0.6) is 5.75 Å². The fraction of sp³-hybridized carbons (Fsp3) is 0.133. The van der Waals surface area contributed by atoms with Crippen molar-refractivity contribution >= 4 is 46.3 Å². The average Bonchev–Trinajstić information content (AvgIpc) is 2.75. The van der Waals surface area contributed by atoms with Gasteiger partial charge in [-0.1, -0.05) is 54.3 Å². The predicted octanol–water partition coefficient (Wildman–Crippen LogP) is 1.20. The lowest BCUT2D eigenvalue weighted by Crippen LogP contribution is -2.40. The van der Waals surface area contributed by atoms with E-state index in [1.165, 1.54) is 0 Å². The lowest BCUT2D eigenvalue weighted by Gasteiger charge is -2.14. The summed E-state index contributed by atoms with van der Waals surface area (Å²) in [5, 5.41) is 10.6. The van der Waals surface area contributed by atoms with Crippen molar-refractivity contribution in [2.24, 2.45) is 0 Å². The molecule has 0 radical (unpaired) electrons. The van der Waals surface area contributed by atoms with Crippen molar-refractivity contribution in [1.29, 1.82) is 0 Å². The Balaban J connectivity index is 2.14. The summed E-state index contributed by atoms with van der Waals surface area (Å²) in [7, 11) is 1.58. The van der Waals surface area contributed by atoms with Gasteiger partial charge in [0.2, 0.25) is 0 Å². The zero-order valence-electron chi connectivity index (χ0n) is 11.6. The average molecular weight is 334 g/mol. The van der Waals surface area contributed by atoms with Crippen LogP contribution in [0.1, 0.15) is 5.56 Å². The summed E-state index contributed by atoms with van der Waals surface area (Å²) in [5.74, 6) is -1.05. The number of allylic oxidation sites excluding steroid dienone is 2. The Morgan fingerprint density at radius 3 is 2.86 bits per heavy atom. The van der Waals surface area contributed by atoms with Crippen molar-refractivity contribution in [2.75, 3.05) is 13.7 Å². The van der Waals surface area contributed by atoms with E-state index >= 15 is 0 Å². The number of aliphatic carboxylic acids is 1. The number of carboxylic acid groups (broad SMARTS) is 1. The molecule has 1 aromatic carbocycles. The standard InChI is InChI=1S/C15H13NO4S2/c1-20-11-7-3-2-5-10(11)6-4-8-12-14(19)16(9-13(17)18)15(21)22-12/h2-8H,9H2,1H3,(H,17,18)/p-1/b6-4+,12-8-. The molecule has 0 saturated carbocycles. The van der Waals surface area contributed by atoms with Crippen molar-refractivity contribution in [1.82, 2.24) is 4.90 Å². The van der Waals surface area contributed by atoms with Gasteiger partial charge in [-0.15, -0.1) is 0 Å². The van der Waals surface area contributed by atoms with E-state index in [0.29, 0.717) is 4.91 Å². The summed E-state index contributed by atoms with van der Waals surface area (Å²) in [6, 6.07) is 7.45. The maximum absolute atomic E-state index is 12.0. The number of carbonyl (C=O) groups is 2. The third-order valence-corrected chi connectivity index (χ3v) is 4.22. The number of benzene rings is 1. The summed E-state index contributed by atoms with van der Waals surface area (Å²) in [6.07, 6.45) is 5.09. The summed E-state index contributed by atoms with van der Waals surface area (Å²) in [5.41, 5.74) is 0.867. The maximum atomic E-state index is 12.0. The van der Waals surface area contributed by atoms with E-state index in [0.717, 1.165) is 28.0 Å². The Bertz CT molecular complexity index is 682. The van der Waals surface area contributed by atoms with Gasteiger partial charge >= 0.3 is 0 Å². The summed E-state index contributed by atoms with van der Waals surface area (Å²) in [6.45, 7) is -0.530. The van der Waals surface area contributed by atoms with Crippen LogP contribution in [0.25, 0.3) is 6.08 Å². The normalized spacial score (nSPS) is 16.8. The van der Waals surface area contributed by atoms with Gasteiger partial charge in [-0.25, -0.2) is 0 Å². The molecule has 1 fully saturated rings. The van der Waals surface area contributed by atoms with E-state index in [-0.39, 0.29) is 4.32 Å².